The molecule has 27 heavy (non-hydrogen) atoms. The molecule has 0 spiro atoms. The van der Waals surface area contributed by atoms with E-state index in [2.05, 4.69) is 66.5 Å². The number of nitriles is 1. The Balaban J connectivity index is 0.000000817. The van der Waals surface area contributed by atoms with Gasteiger partial charge in [-0.1, -0.05) is 54.6 Å². The van der Waals surface area contributed by atoms with Crippen molar-refractivity contribution in [2.75, 3.05) is 13.6 Å². The number of nitrogens with zero attached hydrogens (tertiary/aromatic N) is 2. The van der Waals surface area contributed by atoms with Gasteiger partial charge in [0.05, 0.1) is 6.07 Å². The van der Waals surface area contributed by atoms with Crippen LogP contribution in [0.4, 0.5) is 4.39 Å². The highest BCUT2D eigenvalue weighted by Crippen LogP contribution is 2.36. The van der Waals surface area contributed by atoms with Crippen molar-refractivity contribution in [1.29, 1.82) is 5.26 Å². The van der Waals surface area contributed by atoms with Gasteiger partial charge in [0.15, 0.2) is 0 Å². The molecule has 3 rings (SSSR count). The van der Waals surface area contributed by atoms with Crippen molar-refractivity contribution in [3.8, 4) is 6.07 Å². The minimum Gasteiger partial charge on any atom is -0.302 e. The Morgan fingerprint density at radius 1 is 1.04 bits per heavy atom. The maximum atomic E-state index is 13.8. The maximum Gasteiger partial charge on any atom is 0.107 e. The molecule has 3 heteroatoms. The smallest absolute Gasteiger partial charge is 0.107 e. The summed E-state index contributed by atoms with van der Waals surface area (Å²) in [6.07, 6.45) is 4.37. The van der Waals surface area contributed by atoms with Crippen molar-refractivity contribution in [2.45, 2.75) is 57.7 Å². The molecule has 0 aromatic heterocycles. The van der Waals surface area contributed by atoms with Gasteiger partial charge < -0.3 is 4.90 Å². The summed E-state index contributed by atoms with van der Waals surface area (Å²) in [5.41, 5.74) is 3.91. The lowest BCUT2D eigenvalue weighted by atomic mass is 9.95. The molecule has 1 fully saturated rings. The third kappa shape index (κ3) is 7.15. The number of halogens is 1. The molecule has 2 atom stereocenters. The van der Waals surface area contributed by atoms with Crippen LogP contribution < -0.4 is 0 Å². The molecule has 0 aliphatic heterocycles. The Morgan fingerprint density at radius 2 is 1.70 bits per heavy atom. The van der Waals surface area contributed by atoms with E-state index in [0.29, 0.717) is 0 Å². The summed E-state index contributed by atoms with van der Waals surface area (Å²) in [6.45, 7) is 3.52. The molecule has 2 nitrogen and oxygen atoms in total. The van der Waals surface area contributed by atoms with Crippen molar-refractivity contribution >= 4 is 0 Å². The summed E-state index contributed by atoms with van der Waals surface area (Å²) in [7, 11) is 2.18. The summed E-state index contributed by atoms with van der Waals surface area (Å²) < 4.78 is 13.8. The number of hydrogen-bond donors (Lipinski definition) is 0. The van der Waals surface area contributed by atoms with Gasteiger partial charge in [0.2, 0.25) is 0 Å². The van der Waals surface area contributed by atoms with E-state index in [9.17, 15) is 4.39 Å². The van der Waals surface area contributed by atoms with E-state index >= 15 is 0 Å². The van der Waals surface area contributed by atoms with Crippen LogP contribution in [0.1, 0.15) is 55.2 Å². The first kappa shape index (κ1) is 21.1. The largest absolute Gasteiger partial charge is 0.302 e. The molecule has 0 saturated heterocycles. The molecule has 0 heterocycles. The SMILES string of the molecule is CC#N.CN(CCCc1ccc(C2CCCC2F)cc1)Cc1ccccc1. The van der Waals surface area contributed by atoms with Gasteiger partial charge in [-0.15, -0.1) is 0 Å². The Hall–Kier alpha value is -2.18. The van der Waals surface area contributed by atoms with E-state index in [1.165, 1.54) is 23.6 Å². The zero-order chi connectivity index (χ0) is 19.5. The molecule has 1 aliphatic carbocycles. The third-order valence-corrected chi connectivity index (χ3v) is 5.14. The van der Waals surface area contributed by atoms with Crippen LogP contribution in [0.15, 0.2) is 54.6 Å². The second-order valence-electron chi connectivity index (χ2n) is 7.35. The lowest BCUT2D eigenvalue weighted by molar-refractivity contribution is 0.312. The van der Waals surface area contributed by atoms with Gasteiger partial charge in [-0.2, -0.15) is 5.26 Å². The van der Waals surface area contributed by atoms with E-state index < -0.39 is 6.17 Å². The quantitative estimate of drug-likeness (QED) is 0.611. The molecule has 0 radical (unpaired) electrons. The summed E-state index contributed by atoms with van der Waals surface area (Å²) in [6, 6.07) is 21.0. The van der Waals surface area contributed by atoms with Crippen LogP contribution in [0.5, 0.6) is 0 Å². The van der Waals surface area contributed by atoms with Crippen LogP contribution in [0.3, 0.4) is 0 Å². The van der Waals surface area contributed by atoms with Crippen LogP contribution in [0.25, 0.3) is 0 Å². The molecule has 2 aromatic rings. The number of aryl methyl sites for hydroxylation is 1. The molecule has 0 bridgehead atoms. The molecular weight excluding hydrogens is 335 g/mol. The van der Waals surface area contributed by atoms with Crippen molar-refractivity contribution < 1.29 is 4.39 Å². The average Bonchev–Trinajstić information content (AvgIpc) is 3.10. The first-order valence-corrected chi connectivity index (χ1v) is 9.90. The first-order valence-electron chi connectivity index (χ1n) is 9.90. The number of hydrogen-bond acceptors (Lipinski definition) is 2. The topological polar surface area (TPSA) is 27.0 Å². The van der Waals surface area contributed by atoms with E-state index in [1.807, 2.05) is 0 Å². The van der Waals surface area contributed by atoms with Gasteiger partial charge in [0, 0.05) is 19.4 Å². The molecule has 2 unspecified atom stereocenters. The monoisotopic (exact) mass is 366 g/mol. The summed E-state index contributed by atoms with van der Waals surface area (Å²) in [4.78, 5) is 2.37. The van der Waals surface area contributed by atoms with Crippen molar-refractivity contribution in [3.63, 3.8) is 0 Å². The van der Waals surface area contributed by atoms with E-state index in [4.69, 9.17) is 5.26 Å². The molecule has 2 aromatic carbocycles. The fourth-order valence-corrected chi connectivity index (χ4v) is 3.75. The standard InChI is InChI=1S/C22H28FN.C2H3N/c1-24(17-19-7-3-2-4-8-19)16-6-9-18-12-14-20(15-13-18)21-10-5-11-22(21)23;1-2-3/h2-4,7-8,12-15,21-22H,5-6,9-11,16-17H2,1H3;1H3. The van der Waals surface area contributed by atoms with Crippen LogP contribution in [-0.2, 0) is 13.0 Å². The molecule has 144 valence electrons. The predicted octanol–water partition coefficient (Wildman–Crippen LogP) is 5.89. The van der Waals surface area contributed by atoms with Crippen molar-refractivity contribution in [1.82, 2.24) is 4.90 Å². The second kappa shape index (κ2) is 11.5. The normalized spacial score (nSPS) is 18.6. The molecule has 0 N–H and O–H groups in total. The number of alkyl halides is 1. The van der Waals surface area contributed by atoms with E-state index in [1.54, 1.807) is 6.07 Å². The summed E-state index contributed by atoms with van der Waals surface area (Å²) in [5.74, 6) is 0.135. The minimum atomic E-state index is -0.637. The van der Waals surface area contributed by atoms with E-state index in [-0.39, 0.29) is 5.92 Å². The highest BCUT2D eigenvalue weighted by atomic mass is 19.1. The Labute approximate surface area is 163 Å². The van der Waals surface area contributed by atoms with Gasteiger partial charge >= 0.3 is 0 Å². The van der Waals surface area contributed by atoms with Crippen LogP contribution in [0.2, 0.25) is 0 Å². The summed E-state index contributed by atoms with van der Waals surface area (Å²) in [5, 5.41) is 7.32. The fourth-order valence-electron chi connectivity index (χ4n) is 3.75. The van der Waals surface area contributed by atoms with Crippen LogP contribution >= 0.6 is 0 Å². The molecule has 1 aliphatic rings. The average molecular weight is 367 g/mol. The highest BCUT2D eigenvalue weighted by molar-refractivity contribution is 5.27. The highest BCUT2D eigenvalue weighted by Gasteiger charge is 2.27. The zero-order valence-corrected chi connectivity index (χ0v) is 16.6. The van der Waals surface area contributed by atoms with Gasteiger partial charge in [0.1, 0.15) is 6.17 Å². The fraction of sp³-hybridized carbons (Fsp3) is 0.458. The minimum absolute atomic E-state index is 0.135. The van der Waals surface area contributed by atoms with Gasteiger partial charge in [0.25, 0.3) is 0 Å². The lowest BCUT2D eigenvalue weighted by Gasteiger charge is -2.17. The number of benzene rings is 2. The van der Waals surface area contributed by atoms with Gasteiger partial charge in [-0.05, 0) is 62.4 Å². The predicted molar refractivity (Wildman–Crippen MR) is 110 cm³/mol. The van der Waals surface area contributed by atoms with E-state index in [0.717, 1.165) is 45.2 Å². The lowest BCUT2D eigenvalue weighted by Crippen LogP contribution is -2.19. The molecule has 1 saturated carbocycles. The Bertz CT molecular complexity index is 691. The van der Waals surface area contributed by atoms with Crippen molar-refractivity contribution in [2.24, 2.45) is 0 Å². The summed E-state index contributed by atoms with van der Waals surface area (Å²) >= 11 is 0. The number of rotatable bonds is 7. The molecule has 0 amide bonds. The van der Waals surface area contributed by atoms with Crippen LogP contribution in [0, 0.1) is 11.3 Å². The zero-order valence-electron chi connectivity index (χ0n) is 16.6. The maximum absolute atomic E-state index is 13.8. The Kier molecular flexibility index (Phi) is 9.01. The Morgan fingerprint density at radius 3 is 2.30 bits per heavy atom. The van der Waals surface area contributed by atoms with Crippen LogP contribution in [-0.4, -0.2) is 24.7 Å². The van der Waals surface area contributed by atoms with Crippen molar-refractivity contribution in [3.05, 3.63) is 71.3 Å². The third-order valence-electron chi connectivity index (χ3n) is 5.14. The van der Waals surface area contributed by atoms with Gasteiger partial charge in [-0.25, -0.2) is 4.39 Å². The van der Waals surface area contributed by atoms with Gasteiger partial charge in [-0.3, -0.25) is 0 Å². The molecular formula is C24H31FN2. The second-order valence-corrected chi connectivity index (χ2v) is 7.35. The first-order chi connectivity index (χ1) is 13.1.